The number of unbranched alkanes of at least 4 members (excludes halogenated alkanes) is 2. The van der Waals surface area contributed by atoms with Crippen molar-refractivity contribution in [3.05, 3.63) is 0 Å². The smallest absolute Gasteiger partial charge is 0.00675 e. The molecule has 0 spiro atoms. The molecule has 0 aliphatic rings. The average Bonchev–Trinajstić information content (AvgIpc) is 2.02. The number of hydrogen-bond donors (Lipinski definition) is 0. The molecule has 0 fully saturated rings. The lowest BCUT2D eigenvalue weighted by Gasteiger charge is -2.03. The van der Waals surface area contributed by atoms with Gasteiger partial charge in [0.1, 0.15) is 0 Å². The minimum absolute atomic E-state index is 0.894. The van der Waals surface area contributed by atoms with E-state index in [-0.39, 0.29) is 0 Å². The van der Waals surface area contributed by atoms with Crippen molar-refractivity contribution in [2.75, 3.05) is 11.5 Å². The zero-order chi connectivity index (χ0) is 9.23. The van der Waals surface area contributed by atoms with Crippen LogP contribution >= 0.6 is 11.8 Å². The van der Waals surface area contributed by atoms with Gasteiger partial charge in [-0.1, -0.05) is 40.0 Å². The van der Waals surface area contributed by atoms with Crippen molar-refractivity contribution < 1.29 is 0 Å². The van der Waals surface area contributed by atoms with Gasteiger partial charge >= 0.3 is 0 Å². The molecule has 0 amide bonds. The normalized spacial score (nSPS) is 11.0. The van der Waals surface area contributed by atoms with Crippen LogP contribution in [-0.4, -0.2) is 11.5 Å². The molecule has 1 heteroatoms. The highest BCUT2D eigenvalue weighted by Crippen LogP contribution is 2.11. The molecule has 0 heterocycles. The summed E-state index contributed by atoms with van der Waals surface area (Å²) in [5, 5.41) is 0. The second-order valence-corrected chi connectivity index (χ2v) is 5.08. The van der Waals surface area contributed by atoms with Crippen LogP contribution in [-0.2, 0) is 0 Å². The number of hydrogen-bond acceptors (Lipinski definition) is 1. The Morgan fingerprint density at radius 3 is 2.25 bits per heavy atom. The van der Waals surface area contributed by atoms with E-state index in [9.17, 15) is 0 Å². The molecule has 0 aromatic carbocycles. The first kappa shape index (κ1) is 12.3. The van der Waals surface area contributed by atoms with Crippen molar-refractivity contribution in [2.45, 2.75) is 52.9 Å². The van der Waals surface area contributed by atoms with Gasteiger partial charge in [-0.15, -0.1) is 0 Å². The number of thioether (sulfide) groups is 1. The maximum absolute atomic E-state index is 2.31. The molecule has 0 unspecified atom stereocenters. The highest BCUT2D eigenvalue weighted by atomic mass is 32.2. The molecule has 0 aromatic heterocycles. The first-order valence-corrected chi connectivity index (χ1v) is 6.50. The zero-order valence-corrected chi connectivity index (χ0v) is 9.75. The SMILES string of the molecule is CCCCSCCCCC(C)C. The van der Waals surface area contributed by atoms with E-state index < -0.39 is 0 Å². The van der Waals surface area contributed by atoms with Gasteiger partial charge in [0.2, 0.25) is 0 Å². The molecule has 0 nitrogen and oxygen atoms in total. The highest BCUT2D eigenvalue weighted by Gasteiger charge is 1.94. The Hall–Kier alpha value is 0.350. The molecule has 0 rings (SSSR count). The van der Waals surface area contributed by atoms with Crippen LogP contribution in [0.2, 0.25) is 0 Å². The quantitative estimate of drug-likeness (QED) is 0.510. The predicted molar refractivity (Wildman–Crippen MR) is 60.9 cm³/mol. The second-order valence-electron chi connectivity index (χ2n) is 3.86. The molecule has 0 saturated heterocycles. The molecule has 0 saturated carbocycles. The van der Waals surface area contributed by atoms with Crippen LogP contribution in [0.15, 0.2) is 0 Å². The Morgan fingerprint density at radius 2 is 1.67 bits per heavy atom. The fraction of sp³-hybridized carbons (Fsp3) is 1.00. The van der Waals surface area contributed by atoms with Gasteiger partial charge in [-0.3, -0.25) is 0 Å². The Morgan fingerprint density at radius 1 is 1.00 bits per heavy atom. The summed E-state index contributed by atoms with van der Waals surface area (Å²) in [4.78, 5) is 0. The van der Waals surface area contributed by atoms with Crippen molar-refractivity contribution in [3.63, 3.8) is 0 Å². The maximum Gasteiger partial charge on any atom is -0.00675 e. The van der Waals surface area contributed by atoms with Crippen LogP contribution in [0.25, 0.3) is 0 Å². The molecule has 0 atom stereocenters. The molecule has 12 heavy (non-hydrogen) atoms. The monoisotopic (exact) mass is 188 g/mol. The van der Waals surface area contributed by atoms with Gasteiger partial charge in [0.15, 0.2) is 0 Å². The van der Waals surface area contributed by atoms with E-state index in [2.05, 4.69) is 32.5 Å². The van der Waals surface area contributed by atoms with E-state index in [0.29, 0.717) is 0 Å². The van der Waals surface area contributed by atoms with Gasteiger partial charge in [-0.25, -0.2) is 0 Å². The molecule has 0 aromatic rings. The Kier molecular flexibility index (Phi) is 9.71. The van der Waals surface area contributed by atoms with Crippen LogP contribution in [0.4, 0.5) is 0 Å². The molecule has 0 N–H and O–H groups in total. The topological polar surface area (TPSA) is 0 Å². The van der Waals surface area contributed by atoms with Gasteiger partial charge in [0.25, 0.3) is 0 Å². The Bertz CT molecular complexity index is 79.1. The van der Waals surface area contributed by atoms with Gasteiger partial charge in [-0.05, 0) is 30.3 Å². The lowest BCUT2D eigenvalue weighted by molar-refractivity contribution is 0.551. The van der Waals surface area contributed by atoms with Gasteiger partial charge < -0.3 is 0 Å². The van der Waals surface area contributed by atoms with E-state index in [0.717, 1.165) is 5.92 Å². The van der Waals surface area contributed by atoms with Crippen LogP contribution in [0, 0.1) is 5.92 Å². The van der Waals surface area contributed by atoms with Crippen LogP contribution in [0.5, 0.6) is 0 Å². The molecule has 74 valence electrons. The molecule has 0 aliphatic heterocycles. The molecule has 0 bridgehead atoms. The summed E-state index contributed by atoms with van der Waals surface area (Å²) in [6.45, 7) is 6.88. The van der Waals surface area contributed by atoms with Crippen molar-refractivity contribution in [3.8, 4) is 0 Å². The van der Waals surface area contributed by atoms with Gasteiger partial charge in [0, 0.05) is 0 Å². The lowest BCUT2D eigenvalue weighted by atomic mass is 10.1. The Balaban J connectivity index is 2.82. The molecular weight excluding hydrogens is 164 g/mol. The zero-order valence-electron chi connectivity index (χ0n) is 8.94. The largest absolute Gasteiger partial charge is 0.162 e. The predicted octanol–water partition coefficient (Wildman–Crippen LogP) is 4.35. The van der Waals surface area contributed by atoms with E-state index in [1.54, 1.807) is 0 Å². The van der Waals surface area contributed by atoms with E-state index in [4.69, 9.17) is 0 Å². The summed E-state index contributed by atoms with van der Waals surface area (Å²) in [6.07, 6.45) is 7.01. The van der Waals surface area contributed by atoms with Crippen LogP contribution in [0.1, 0.15) is 52.9 Å². The van der Waals surface area contributed by atoms with E-state index in [1.807, 2.05) is 0 Å². The second kappa shape index (κ2) is 9.44. The summed E-state index contributed by atoms with van der Waals surface area (Å²) in [6, 6.07) is 0. The van der Waals surface area contributed by atoms with E-state index >= 15 is 0 Å². The van der Waals surface area contributed by atoms with Crippen molar-refractivity contribution in [1.29, 1.82) is 0 Å². The molecule has 0 aliphatic carbocycles. The van der Waals surface area contributed by atoms with Crippen molar-refractivity contribution >= 4 is 11.8 Å². The average molecular weight is 188 g/mol. The first-order valence-electron chi connectivity index (χ1n) is 5.35. The number of rotatable bonds is 8. The summed E-state index contributed by atoms with van der Waals surface area (Å²) < 4.78 is 0. The summed E-state index contributed by atoms with van der Waals surface area (Å²) >= 11 is 2.13. The third-order valence-electron chi connectivity index (χ3n) is 1.96. The van der Waals surface area contributed by atoms with Crippen LogP contribution < -0.4 is 0 Å². The lowest BCUT2D eigenvalue weighted by Crippen LogP contribution is -1.89. The van der Waals surface area contributed by atoms with Crippen molar-refractivity contribution in [2.24, 2.45) is 5.92 Å². The third kappa shape index (κ3) is 10.3. The third-order valence-corrected chi connectivity index (χ3v) is 3.12. The Labute approximate surface area is 82.5 Å². The summed E-state index contributed by atoms with van der Waals surface area (Å²) in [5.41, 5.74) is 0. The van der Waals surface area contributed by atoms with Crippen LogP contribution in [0.3, 0.4) is 0 Å². The minimum Gasteiger partial charge on any atom is -0.162 e. The fourth-order valence-corrected chi connectivity index (χ4v) is 2.21. The fourth-order valence-electron chi connectivity index (χ4n) is 1.11. The summed E-state index contributed by atoms with van der Waals surface area (Å²) in [7, 11) is 0. The highest BCUT2D eigenvalue weighted by molar-refractivity contribution is 7.99. The minimum atomic E-state index is 0.894. The van der Waals surface area contributed by atoms with Crippen molar-refractivity contribution in [1.82, 2.24) is 0 Å². The van der Waals surface area contributed by atoms with Gasteiger partial charge in [0.05, 0.1) is 0 Å². The molecule has 0 radical (unpaired) electrons. The maximum atomic E-state index is 2.31. The summed E-state index contributed by atoms with van der Waals surface area (Å²) in [5.74, 6) is 3.65. The standard InChI is InChI=1S/C11H24S/c1-4-5-9-12-10-7-6-8-11(2)3/h11H,4-10H2,1-3H3. The van der Waals surface area contributed by atoms with E-state index in [1.165, 1.54) is 43.6 Å². The first-order chi connectivity index (χ1) is 5.77. The van der Waals surface area contributed by atoms with Gasteiger partial charge in [-0.2, -0.15) is 11.8 Å². The molecular formula is C11H24S.